The van der Waals surface area contributed by atoms with Crippen molar-refractivity contribution < 1.29 is 28.6 Å². The van der Waals surface area contributed by atoms with Crippen molar-refractivity contribution in [2.75, 3.05) is 37.7 Å². The molecule has 218 valence electrons. The first-order chi connectivity index (χ1) is 19.4. The summed E-state index contributed by atoms with van der Waals surface area (Å²) in [5.41, 5.74) is -0.637. The van der Waals surface area contributed by atoms with Gasteiger partial charge in [-0.3, -0.25) is 14.4 Å². The lowest BCUT2D eigenvalue weighted by Gasteiger charge is -2.40. The van der Waals surface area contributed by atoms with Gasteiger partial charge in [0.25, 0.3) is 5.91 Å². The fraction of sp³-hybridized carbons (Fsp3) is 0.467. The van der Waals surface area contributed by atoms with Gasteiger partial charge in [-0.15, -0.1) is 0 Å². The minimum atomic E-state index is -0.731. The molecule has 2 unspecified atom stereocenters. The van der Waals surface area contributed by atoms with E-state index < -0.39 is 17.4 Å². The highest BCUT2D eigenvalue weighted by Crippen LogP contribution is 2.49. The SMILES string of the molecule is C=CC(=O)N1CCN2C(=O)c3c(N4CC(C(C)C(C)=O)CC4(C)C)nc(-c4c(O)cccc4F)c(Cl)c3OC[C@H]2C1. The second-order valence-electron chi connectivity index (χ2n) is 11.7. The summed E-state index contributed by atoms with van der Waals surface area (Å²) in [4.78, 5) is 48.9. The van der Waals surface area contributed by atoms with E-state index in [1.165, 1.54) is 24.3 Å². The third-order valence-electron chi connectivity index (χ3n) is 8.68. The third kappa shape index (κ3) is 4.92. The van der Waals surface area contributed by atoms with Gasteiger partial charge in [-0.25, -0.2) is 9.37 Å². The van der Waals surface area contributed by atoms with Crippen molar-refractivity contribution in [3.63, 3.8) is 0 Å². The Hall–Kier alpha value is -3.66. The van der Waals surface area contributed by atoms with Gasteiger partial charge < -0.3 is 24.5 Å². The zero-order valence-electron chi connectivity index (χ0n) is 23.6. The van der Waals surface area contributed by atoms with Crippen molar-refractivity contribution in [2.24, 2.45) is 11.8 Å². The van der Waals surface area contributed by atoms with Crippen molar-refractivity contribution in [1.29, 1.82) is 0 Å². The van der Waals surface area contributed by atoms with Gasteiger partial charge >= 0.3 is 0 Å². The topological polar surface area (TPSA) is 103 Å². The number of hydrogen-bond donors (Lipinski definition) is 1. The monoisotopic (exact) mass is 584 g/mol. The number of carbonyl (C=O) groups excluding carboxylic acids is 3. The Bertz CT molecular complexity index is 1430. The number of ketones is 1. The van der Waals surface area contributed by atoms with Crippen molar-refractivity contribution in [2.45, 2.75) is 45.7 Å². The molecule has 3 aliphatic rings. The molecule has 5 rings (SSSR count). The molecule has 0 aliphatic carbocycles. The molecule has 0 spiro atoms. The predicted octanol–water partition coefficient (Wildman–Crippen LogP) is 4.31. The Kier molecular flexibility index (Phi) is 7.48. The average molecular weight is 585 g/mol. The van der Waals surface area contributed by atoms with Crippen LogP contribution in [0, 0.1) is 17.7 Å². The van der Waals surface area contributed by atoms with E-state index in [2.05, 4.69) is 6.58 Å². The number of anilines is 1. The lowest BCUT2D eigenvalue weighted by Crippen LogP contribution is -2.57. The molecule has 0 radical (unpaired) electrons. The van der Waals surface area contributed by atoms with Crippen molar-refractivity contribution in [3.8, 4) is 22.8 Å². The Morgan fingerprint density at radius 2 is 2.00 bits per heavy atom. The summed E-state index contributed by atoms with van der Waals surface area (Å²) in [7, 11) is 0. The largest absolute Gasteiger partial charge is 0.507 e. The van der Waals surface area contributed by atoms with Crippen LogP contribution in [0.15, 0.2) is 30.9 Å². The van der Waals surface area contributed by atoms with E-state index >= 15 is 4.39 Å². The number of carbonyl (C=O) groups is 3. The highest BCUT2D eigenvalue weighted by Gasteiger charge is 2.47. The lowest BCUT2D eigenvalue weighted by atomic mass is 9.86. The number of fused-ring (bicyclic) bond motifs is 2. The summed E-state index contributed by atoms with van der Waals surface area (Å²) in [6.07, 6.45) is 1.90. The molecule has 2 amide bonds. The molecule has 2 saturated heterocycles. The number of aromatic nitrogens is 1. The molecular formula is C30H34ClFN4O5. The van der Waals surface area contributed by atoms with Crippen LogP contribution in [-0.2, 0) is 9.59 Å². The van der Waals surface area contributed by atoms with Gasteiger partial charge in [-0.1, -0.05) is 31.2 Å². The number of phenols is 1. The van der Waals surface area contributed by atoms with Gasteiger partial charge in [0.15, 0.2) is 5.75 Å². The van der Waals surface area contributed by atoms with E-state index in [4.69, 9.17) is 21.3 Å². The van der Waals surface area contributed by atoms with Crippen LogP contribution in [0.5, 0.6) is 11.5 Å². The van der Waals surface area contributed by atoms with Crippen LogP contribution < -0.4 is 9.64 Å². The first-order valence-corrected chi connectivity index (χ1v) is 14.1. The summed E-state index contributed by atoms with van der Waals surface area (Å²) >= 11 is 6.84. The second kappa shape index (κ2) is 10.6. The van der Waals surface area contributed by atoms with Crippen molar-refractivity contribution >= 4 is 35.0 Å². The average Bonchev–Trinajstić information content (AvgIpc) is 3.17. The number of nitrogens with zero attached hydrogens (tertiary/aromatic N) is 4. The lowest BCUT2D eigenvalue weighted by molar-refractivity contribution is -0.128. The normalized spacial score (nSPS) is 22.4. The number of phenolic OH excluding ortho intramolecular Hbond substituents is 1. The molecule has 2 aromatic rings. The molecule has 9 nitrogen and oxygen atoms in total. The molecule has 0 bridgehead atoms. The van der Waals surface area contributed by atoms with E-state index in [-0.39, 0.29) is 88.3 Å². The number of amides is 2. The minimum absolute atomic E-state index is 0.0102. The summed E-state index contributed by atoms with van der Waals surface area (Å²) in [6, 6.07) is 3.45. The maximum atomic E-state index is 15.1. The fourth-order valence-corrected chi connectivity index (χ4v) is 6.51. The van der Waals surface area contributed by atoms with Gasteiger partial charge in [-0.05, 0) is 51.3 Å². The molecule has 1 N–H and O–H groups in total. The molecule has 0 saturated carbocycles. The quantitative estimate of drug-likeness (QED) is 0.523. The third-order valence-corrected chi connectivity index (χ3v) is 9.03. The number of hydrogen-bond acceptors (Lipinski definition) is 7. The second-order valence-corrected chi connectivity index (χ2v) is 12.1. The van der Waals surface area contributed by atoms with Crippen molar-refractivity contribution in [3.05, 3.63) is 47.3 Å². The molecule has 41 heavy (non-hydrogen) atoms. The number of piperazine rings is 1. The van der Waals surface area contributed by atoms with Crippen LogP contribution in [0.4, 0.5) is 10.2 Å². The van der Waals surface area contributed by atoms with Gasteiger partial charge in [0.1, 0.15) is 46.1 Å². The predicted molar refractivity (Wildman–Crippen MR) is 153 cm³/mol. The van der Waals surface area contributed by atoms with E-state index in [0.717, 1.165) is 0 Å². The van der Waals surface area contributed by atoms with Gasteiger partial charge in [-0.2, -0.15) is 0 Å². The number of benzene rings is 1. The number of aromatic hydroxyl groups is 1. The van der Waals surface area contributed by atoms with Gasteiger partial charge in [0, 0.05) is 37.6 Å². The van der Waals surface area contributed by atoms with Crippen LogP contribution in [0.1, 0.15) is 44.5 Å². The van der Waals surface area contributed by atoms with E-state index in [1.807, 2.05) is 25.7 Å². The maximum absolute atomic E-state index is 15.1. The number of halogens is 2. The summed E-state index contributed by atoms with van der Waals surface area (Å²) < 4.78 is 21.4. The smallest absolute Gasteiger partial charge is 0.261 e. The summed E-state index contributed by atoms with van der Waals surface area (Å²) in [5.74, 6) is -1.54. The zero-order valence-corrected chi connectivity index (χ0v) is 24.4. The Morgan fingerprint density at radius 3 is 2.66 bits per heavy atom. The first kappa shape index (κ1) is 28.9. The van der Waals surface area contributed by atoms with Crippen LogP contribution in [0.2, 0.25) is 5.02 Å². The van der Waals surface area contributed by atoms with Crippen LogP contribution in [-0.4, -0.2) is 81.9 Å². The number of Topliss-reactive ketones (excluding diaryl/α,β-unsaturated/α-hetero) is 1. The number of rotatable bonds is 5. The van der Waals surface area contributed by atoms with Gasteiger partial charge in [0.2, 0.25) is 5.91 Å². The molecule has 2 fully saturated rings. The number of pyridine rings is 1. The summed E-state index contributed by atoms with van der Waals surface area (Å²) in [6.45, 7) is 12.4. The number of ether oxygens (including phenoxy) is 1. The van der Waals surface area contributed by atoms with Crippen LogP contribution in [0.3, 0.4) is 0 Å². The summed E-state index contributed by atoms with van der Waals surface area (Å²) in [5, 5.41) is 10.5. The Balaban J connectivity index is 1.69. The van der Waals surface area contributed by atoms with Crippen molar-refractivity contribution in [1.82, 2.24) is 14.8 Å². The highest BCUT2D eigenvalue weighted by molar-refractivity contribution is 6.35. The van der Waals surface area contributed by atoms with Crippen LogP contribution in [0.25, 0.3) is 11.3 Å². The maximum Gasteiger partial charge on any atom is 0.261 e. The molecule has 1 aromatic carbocycles. The van der Waals surface area contributed by atoms with E-state index in [0.29, 0.717) is 19.5 Å². The molecule has 4 heterocycles. The highest BCUT2D eigenvalue weighted by atomic mass is 35.5. The van der Waals surface area contributed by atoms with E-state index in [1.54, 1.807) is 16.7 Å². The van der Waals surface area contributed by atoms with Crippen LogP contribution >= 0.6 is 11.6 Å². The molecular weight excluding hydrogens is 551 g/mol. The molecule has 1 aromatic heterocycles. The first-order valence-electron chi connectivity index (χ1n) is 13.7. The van der Waals surface area contributed by atoms with E-state index in [9.17, 15) is 19.5 Å². The minimum Gasteiger partial charge on any atom is -0.507 e. The molecule has 3 aliphatic heterocycles. The zero-order chi connectivity index (χ0) is 29.8. The Labute approximate surface area is 243 Å². The van der Waals surface area contributed by atoms with Gasteiger partial charge in [0.05, 0.1) is 11.6 Å². The molecule has 3 atom stereocenters. The standard InChI is InChI=1S/C30H34ClFN4O5/c1-6-22(39)34-10-11-35-19(14-34)15-41-27-24(29(35)40)28(36-13-18(12-30(36,4)5)16(2)17(3)37)33-26(25(27)31)23-20(32)8-7-9-21(23)38/h6-9,16,18-19,38H,1,10-15H2,2-5H3/t16?,18?,19-/m1/s1. The molecule has 11 heteroatoms. The Morgan fingerprint density at radius 1 is 1.27 bits per heavy atom. The fourth-order valence-electron chi connectivity index (χ4n) is 6.22.